The minimum absolute atomic E-state index is 0.254. The summed E-state index contributed by atoms with van der Waals surface area (Å²) < 4.78 is 24.8. The van der Waals surface area contributed by atoms with Crippen molar-refractivity contribution in [2.45, 2.75) is 18.6 Å². The highest BCUT2D eigenvalue weighted by atomic mass is 32.2. The number of pyridine rings is 2. The van der Waals surface area contributed by atoms with Crippen LogP contribution in [-0.2, 0) is 9.84 Å². The first kappa shape index (κ1) is 21.6. The van der Waals surface area contributed by atoms with E-state index in [-0.39, 0.29) is 5.91 Å². The number of aromatic nitrogens is 2. The molecule has 1 atom stereocenters. The summed E-state index contributed by atoms with van der Waals surface area (Å²) in [5.41, 5.74) is 4.14. The molecule has 1 N–H and O–H groups in total. The molecule has 0 fully saturated rings. The molecule has 0 bridgehead atoms. The molecule has 7 heteroatoms. The highest BCUT2D eigenvalue weighted by Crippen LogP contribution is 2.34. The predicted molar refractivity (Wildman–Crippen MR) is 127 cm³/mol. The van der Waals surface area contributed by atoms with Crippen LogP contribution in [0.25, 0.3) is 22.0 Å². The fraction of sp³-hybridized carbons (Fsp3) is 0.160. The van der Waals surface area contributed by atoms with E-state index in [2.05, 4.69) is 15.3 Å². The van der Waals surface area contributed by atoms with E-state index in [1.54, 1.807) is 42.9 Å². The minimum atomic E-state index is -3.28. The molecule has 2 aromatic carbocycles. The second-order valence-electron chi connectivity index (χ2n) is 7.65. The second kappa shape index (κ2) is 8.88. The van der Waals surface area contributed by atoms with E-state index in [0.717, 1.165) is 27.6 Å². The average molecular weight is 446 g/mol. The van der Waals surface area contributed by atoms with Crippen molar-refractivity contribution in [2.75, 3.05) is 11.6 Å². The predicted octanol–water partition coefficient (Wildman–Crippen LogP) is 5.04. The van der Waals surface area contributed by atoms with Crippen LogP contribution in [0.5, 0.6) is 0 Å². The molecular weight excluding hydrogens is 422 g/mol. The van der Waals surface area contributed by atoms with Crippen LogP contribution in [0.4, 0.5) is 5.69 Å². The smallest absolute Gasteiger partial charge is 0.255 e. The zero-order valence-corrected chi connectivity index (χ0v) is 18.6. The van der Waals surface area contributed by atoms with Crippen LogP contribution in [0.1, 0.15) is 34.5 Å². The molecule has 0 saturated heterocycles. The number of fused-ring (bicyclic) bond motifs is 1. The third kappa shape index (κ3) is 4.53. The molecule has 0 radical (unpaired) electrons. The van der Waals surface area contributed by atoms with E-state index in [1.807, 2.05) is 43.3 Å². The third-order valence-electron chi connectivity index (χ3n) is 5.34. The van der Waals surface area contributed by atoms with Gasteiger partial charge in [-0.2, -0.15) is 0 Å². The van der Waals surface area contributed by atoms with Crippen molar-refractivity contribution >= 4 is 32.3 Å². The molecule has 1 amide bonds. The Morgan fingerprint density at radius 2 is 1.84 bits per heavy atom. The van der Waals surface area contributed by atoms with Crippen molar-refractivity contribution in [2.24, 2.45) is 0 Å². The number of rotatable bonds is 6. The van der Waals surface area contributed by atoms with E-state index in [0.29, 0.717) is 17.7 Å². The zero-order valence-electron chi connectivity index (χ0n) is 17.8. The summed E-state index contributed by atoms with van der Waals surface area (Å²) in [6.45, 7) is 1.86. The molecule has 2 aromatic heterocycles. The summed E-state index contributed by atoms with van der Waals surface area (Å²) >= 11 is 0. The minimum Gasteiger partial charge on any atom is -0.321 e. The first-order valence-corrected chi connectivity index (χ1v) is 12.2. The van der Waals surface area contributed by atoms with Crippen molar-refractivity contribution in [1.29, 1.82) is 0 Å². The number of hydrogen-bond acceptors (Lipinski definition) is 5. The number of carbonyl (C=O) groups is 1. The largest absolute Gasteiger partial charge is 0.321 e. The Morgan fingerprint density at radius 3 is 2.56 bits per heavy atom. The summed E-state index contributed by atoms with van der Waals surface area (Å²) in [6, 6.07) is 18.3. The fourth-order valence-corrected chi connectivity index (χ4v) is 5.11. The number of nitrogens with zero attached hydrogens (tertiary/aromatic N) is 2. The van der Waals surface area contributed by atoms with Crippen LogP contribution in [0.15, 0.2) is 79.3 Å². The monoisotopic (exact) mass is 445 g/mol. The van der Waals surface area contributed by atoms with Gasteiger partial charge in [-0.25, -0.2) is 8.42 Å². The van der Waals surface area contributed by atoms with Gasteiger partial charge in [0.1, 0.15) is 0 Å². The van der Waals surface area contributed by atoms with Gasteiger partial charge in [-0.3, -0.25) is 14.8 Å². The highest BCUT2D eigenvalue weighted by molar-refractivity contribution is 7.90. The van der Waals surface area contributed by atoms with E-state index in [4.69, 9.17) is 0 Å². The van der Waals surface area contributed by atoms with E-state index in [1.165, 1.54) is 6.26 Å². The Balaban J connectivity index is 1.81. The van der Waals surface area contributed by atoms with Crippen molar-refractivity contribution in [3.05, 3.63) is 90.4 Å². The lowest BCUT2D eigenvalue weighted by Crippen LogP contribution is -2.12. The standard InChI is InChI=1S/C25H23N3O3S/c1-3-23(32(2,30)31)20-14-18-9-5-12-27-24(18)22(15-20)17-7-4-8-19(13-17)25(29)28-21-10-6-11-26-16-21/h4-16,23H,3H2,1-2H3,(H,28,29). The van der Waals surface area contributed by atoms with Gasteiger partial charge in [-0.15, -0.1) is 0 Å². The molecular formula is C25H23N3O3S. The second-order valence-corrected chi connectivity index (χ2v) is 9.87. The SMILES string of the molecule is CCC(c1cc(-c2cccc(C(=O)Nc3cccnc3)c2)c2ncccc2c1)S(C)(=O)=O. The molecule has 0 spiro atoms. The topological polar surface area (TPSA) is 89.0 Å². The number of hydrogen-bond donors (Lipinski definition) is 1. The Labute approximate surface area is 187 Å². The molecule has 32 heavy (non-hydrogen) atoms. The van der Waals surface area contributed by atoms with Crippen molar-refractivity contribution in [3.8, 4) is 11.1 Å². The van der Waals surface area contributed by atoms with Gasteiger partial charge >= 0.3 is 0 Å². The fourth-order valence-electron chi connectivity index (χ4n) is 3.88. The summed E-state index contributed by atoms with van der Waals surface area (Å²) in [5, 5.41) is 3.08. The molecule has 6 nitrogen and oxygen atoms in total. The first-order chi connectivity index (χ1) is 15.4. The van der Waals surface area contributed by atoms with Gasteiger partial charge < -0.3 is 5.32 Å². The molecule has 4 aromatic rings. The molecule has 0 aliphatic rings. The third-order valence-corrected chi connectivity index (χ3v) is 6.98. The van der Waals surface area contributed by atoms with Gasteiger partial charge in [0.25, 0.3) is 5.91 Å². The quantitative estimate of drug-likeness (QED) is 0.449. The molecule has 0 saturated carbocycles. The lowest BCUT2D eigenvalue weighted by Gasteiger charge is -2.17. The van der Waals surface area contributed by atoms with Gasteiger partial charge in [0.2, 0.25) is 0 Å². The summed E-state index contributed by atoms with van der Waals surface area (Å²) in [4.78, 5) is 21.3. The number of amides is 1. The van der Waals surface area contributed by atoms with Crippen LogP contribution in [0.2, 0.25) is 0 Å². The van der Waals surface area contributed by atoms with Gasteiger partial charge in [0, 0.05) is 35.2 Å². The van der Waals surface area contributed by atoms with Crippen molar-refractivity contribution in [3.63, 3.8) is 0 Å². The maximum atomic E-state index is 12.8. The van der Waals surface area contributed by atoms with Crippen molar-refractivity contribution < 1.29 is 13.2 Å². The number of nitrogens with one attached hydrogen (secondary N) is 1. The van der Waals surface area contributed by atoms with Crippen LogP contribution >= 0.6 is 0 Å². The number of benzene rings is 2. The number of carbonyl (C=O) groups excluding carboxylic acids is 1. The Bertz CT molecular complexity index is 1390. The van der Waals surface area contributed by atoms with Gasteiger partial charge in [-0.05, 0) is 60.0 Å². The van der Waals surface area contributed by atoms with Crippen molar-refractivity contribution in [1.82, 2.24) is 9.97 Å². The molecule has 0 aliphatic carbocycles. The molecule has 1 unspecified atom stereocenters. The van der Waals surface area contributed by atoms with Gasteiger partial charge in [-0.1, -0.05) is 25.1 Å². The normalized spacial score (nSPS) is 12.4. The van der Waals surface area contributed by atoms with Crippen LogP contribution in [0.3, 0.4) is 0 Å². The van der Waals surface area contributed by atoms with E-state index < -0.39 is 15.1 Å². The highest BCUT2D eigenvalue weighted by Gasteiger charge is 2.23. The summed E-state index contributed by atoms with van der Waals surface area (Å²) in [6.07, 6.45) is 6.66. The van der Waals surface area contributed by atoms with Crippen LogP contribution < -0.4 is 5.32 Å². The Morgan fingerprint density at radius 1 is 1.03 bits per heavy atom. The average Bonchev–Trinajstić information content (AvgIpc) is 2.79. The van der Waals surface area contributed by atoms with E-state index in [9.17, 15) is 13.2 Å². The molecule has 0 aliphatic heterocycles. The maximum Gasteiger partial charge on any atom is 0.255 e. The van der Waals surface area contributed by atoms with Crippen LogP contribution in [0, 0.1) is 0 Å². The Kier molecular flexibility index (Phi) is 6.01. The zero-order chi connectivity index (χ0) is 22.7. The van der Waals surface area contributed by atoms with Gasteiger partial charge in [0.15, 0.2) is 9.84 Å². The lowest BCUT2D eigenvalue weighted by atomic mass is 9.96. The van der Waals surface area contributed by atoms with Gasteiger partial charge in [0.05, 0.1) is 22.7 Å². The van der Waals surface area contributed by atoms with E-state index >= 15 is 0 Å². The van der Waals surface area contributed by atoms with Crippen LogP contribution in [-0.4, -0.2) is 30.5 Å². The summed E-state index contributed by atoms with van der Waals surface area (Å²) in [5.74, 6) is -0.254. The molecule has 162 valence electrons. The molecule has 2 heterocycles. The molecule has 4 rings (SSSR count). The summed E-state index contributed by atoms with van der Waals surface area (Å²) in [7, 11) is -3.28. The first-order valence-electron chi connectivity index (χ1n) is 10.3. The number of sulfone groups is 1. The lowest BCUT2D eigenvalue weighted by molar-refractivity contribution is 0.102. The maximum absolute atomic E-state index is 12.8. The Hall–Kier alpha value is -3.58. The number of anilines is 1.